The predicted octanol–water partition coefficient (Wildman–Crippen LogP) is 5.07. The number of hydrogen-bond acceptors (Lipinski definition) is 12. The zero-order valence-corrected chi connectivity index (χ0v) is 39.9. The van der Waals surface area contributed by atoms with Crippen molar-refractivity contribution < 1.29 is 13.9 Å². The second kappa shape index (κ2) is 20.5. The number of aromatic amines is 2. The van der Waals surface area contributed by atoms with Gasteiger partial charge >= 0.3 is 12.3 Å². The van der Waals surface area contributed by atoms with Crippen LogP contribution < -0.4 is 16.6 Å². The van der Waals surface area contributed by atoms with E-state index in [0.29, 0.717) is 16.2 Å². The molecule has 20 nitrogen and oxygen atoms in total. The first-order chi connectivity index (χ1) is 29.6. The molecule has 0 aromatic carbocycles. The zero-order valence-electron chi connectivity index (χ0n) is 34.4. The highest BCUT2D eigenvalue weighted by molar-refractivity contribution is 9.10. The van der Waals surface area contributed by atoms with Crippen molar-refractivity contribution in [2.45, 2.75) is 38.9 Å². The fourth-order valence-electron chi connectivity index (χ4n) is 5.75. The van der Waals surface area contributed by atoms with Crippen molar-refractivity contribution in [3.05, 3.63) is 123 Å². The first kappa shape index (κ1) is 50.0. The van der Waals surface area contributed by atoms with Crippen molar-refractivity contribution in [1.82, 2.24) is 73.1 Å². The van der Waals surface area contributed by atoms with E-state index in [4.69, 9.17) is 20.9 Å². The van der Waals surface area contributed by atoms with Crippen molar-refractivity contribution in [2.24, 2.45) is 21.1 Å². The van der Waals surface area contributed by atoms with E-state index >= 15 is 0 Å². The Morgan fingerprint density at radius 3 is 1.50 bits per heavy atom. The SMILES string of the molecule is Cn1cc(-c2cc3c(=O)[nH]cnn3c2)cn1.Cn1cc(-c2cc3c(Cl)ncnn3c2)cn1.Cn1cc(B2OC(C)(C)C(C)(C)O2)cn1.O=P(Cl)(Cl)Cl.O=c1[nH]cnn2cc(Br)cc12.[BH4-]. The van der Waals surface area contributed by atoms with Crippen molar-refractivity contribution >= 4 is 104 Å². The molecular formula is C36H42B2BrCl4N15O5P-. The molecule has 1 aliphatic heterocycles. The van der Waals surface area contributed by atoms with Crippen LogP contribution in [0.3, 0.4) is 0 Å². The van der Waals surface area contributed by atoms with Gasteiger partial charge in [0.2, 0.25) is 0 Å². The molecule has 0 radical (unpaired) electrons. The van der Waals surface area contributed by atoms with Crippen LogP contribution >= 0.6 is 66.5 Å². The lowest BCUT2D eigenvalue weighted by Gasteiger charge is -2.32. The Morgan fingerprint density at radius 1 is 0.641 bits per heavy atom. The van der Waals surface area contributed by atoms with Gasteiger partial charge < -0.3 is 19.3 Å². The number of hydrogen-bond donors (Lipinski definition) is 2. The summed E-state index contributed by atoms with van der Waals surface area (Å²) in [7, 11) is 5.31. The van der Waals surface area contributed by atoms with Gasteiger partial charge in [0.05, 0.1) is 23.6 Å². The van der Waals surface area contributed by atoms with Crippen molar-refractivity contribution in [1.29, 1.82) is 0 Å². The Morgan fingerprint density at radius 2 is 1.08 bits per heavy atom. The second-order valence-electron chi connectivity index (χ2n) is 14.6. The monoisotopic (exact) mass is 1040 g/mol. The van der Waals surface area contributed by atoms with Crippen LogP contribution in [0.1, 0.15) is 27.7 Å². The molecule has 0 saturated carbocycles. The Hall–Kier alpha value is -4.99. The first-order valence-corrected chi connectivity index (χ1v) is 23.9. The van der Waals surface area contributed by atoms with E-state index in [0.717, 1.165) is 37.7 Å². The number of aryl methyl sites for hydroxylation is 3. The van der Waals surface area contributed by atoms with E-state index in [1.807, 2.05) is 85.9 Å². The maximum Gasteiger partial charge on any atom is 0.498 e. The summed E-state index contributed by atoms with van der Waals surface area (Å²) in [6.45, 7) is 8.18. The van der Waals surface area contributed by atoms with Crippen LogP contribution in [0.5, 0.6) is 0 Å². The Labute approximate surface area is 394 Å². The highest BCUT2D eigenvalue weighted by Gasteiger charge is 2.52. The highest BCUT2D eigenvalue weighted by Crippen LogP contribution is 2.61. The number of nitrogens with zero attached hydrogens (tertiary/aromatic N) is 13. The molecule has 9 aromatic rings. The molecule has 0 atom stereocenters. The van der Waals surface area contributed by atoms with Crippen molar-refractivity contribution in [2.75, 3.05) is 0 Å². The van der Waals surface area contributed by atoms with Crippen LogP contribution in [0.4, 0.5) is 0 Å². The van der Waals surface area contributed by atoms with Crippen LogP contribution in [0.2, 0.25) is 5.15 Å². The molecule has 1 aliphatic rings. The Kier molecular flexibility index (Phi) is 16.0. The third kappa shape index (κ3) is 12.6. The minimum atomic E-state index is -3.22. The molecule has 2 N–H and O–H groups in total. The van der Waals surface area contributed by atoms with Crippen LogP contribution in [0.25, 0.3) is 38.8 Å². The lowest BCUT2D eigenvalue weighted by atomic mass is 9.82. The lowest BCUT2D eigenvalue weighted by molar-refractivity contribution is 0.00578. The van der Waals surface area contributed by atoms with E-state index in [2.05, 4.69) is 95.2 Å². The summed E-state index contributed by atoms with van der Waals surface area (Å²) in [6, 6.07) is 5.45. The van der Waals surface area contributed by atoms with Gasteiger partial charge in [0.25, 0.3) is 11.1 Å². The van der Waals surface area contributed by atoms with Crippen LogP contribution in [0, 0.1) is 0 Å². The molecule has 9 aromatic heterocycles. The quantitative estimate of drug-likeness (QED) is 0.175. The predicted molar refractivity (Wildman–Crippen MR) is 257 cm³/mol. The third-order valence-corrected chi connectivity index (χ3v) is 10.2. The Balaban J connectivity index is 0.000000155. The second-order valence-corrected chi connectivity index (χ2v) is 22.5. The summed E-state index contributed by atoms with van der Waals surface area (Å²) in [5, 5.41) is 21.6. The van der Waals surface area contributed by atoms with Gasteiger partial charge in [0.15, 0.2) is 5.15 Å². The smallest absolute Gasteiger partial charge is 0.399 e. The largest absolute Gasteiger partial charge is 0.498 e. The molecule has 1 fully saturated rings. The molecule has 10 rings (SSSR count). The summed E-state index contributed by atoms with van der Waals surface area (Å²) >= 11 is 23.1. The third-order valence-electron chi connectivity index (χ3n) is 9.47. The fourth-order valence-corrected chi connectivity index (χ4v) is 6.34. The standard InChI is InChI=1S/C10H17BN2O2.C10H8ClN5.C10H9N5O.C6H4BrN3O.BH4.Cl3OP/c1-9(2)10(3,4)15-11(14-9)8-6-12-13(5)7-8;1-15-4-8(3-13-15)7-2-9-10(11)12-6-14-16(9)5-7;1-14-4-8(3-12-14)7-2-9-10(16)11-6-13-15(9)5-7;7-4-1-5-6(11)8-3-9-10(5)2-4;;1-5(2,3)4/h6-7H,1-5H3;2-6H,1H3;2-6H,1H3,(H,11,13,16);1-3H,(H,8,9,11);1H4;/q;;;;-1;. The Bertz CT molecular complexity index is 3150. The van der Waals surface area contributed by atoms with E-state index in [1.54, 1.807) is 60.0 Å². The molecule has 0 bridgehead atoms. The maximum atomic E-state index is 11.5. The number of nitrogens with one attached hydrogen (secondary N) is 2. The van der Waals surface area contributed by atoms with Crippen molar-refractivity contribution in [3.8, 4) is 22.3 Å². The minimum Gasteiger partial charge on any atom is -0.399 e. The summed E-state index contributed by atoms with van der Waals surface area (Å²) in [5.74, 6) is 0. The van der Waals surface area contributed by atoms with Crippen molar-refractivity contribution in [3.63, 3.8) is 0 Å². The summed E-state index contributed by atoms with van der Waals surface area (Å²) in [5.41, 5.74) is 5.93. The number of fused-ring (bicyclic) bond motifs is 3. The van der Waals surface area contributed by atoms with Gasteiger partial charge in [-0.2, -0.15) is 30.6 Å². The van der Waals surface area contributed by atoms with E-state index in [1.165, 1.54) is 23.5 Å². The van der Waals surface area contributed by atoms with Gasteiger partial charge in [0.1, 0.15) is 35.5 Å². The molecule has 0 unspecified atom stereocenters. The average Bonchev–Trinajstić information content (AvgIpc) is 4.05. The molecule has 0 aliphatic carbocycles. The topological polar surface area (TPSA) is 219 Å². The van der Waals surface area contributed by atoms with E-state index in [9.17, 15) is 14.2 Å². The molecule has 0 amide bonds. The van der Waals surface area contributed by atoms with E-state index < -0.39 is 5.20 Å². The first-order valence-electron chi connectivity index (χ1n) is 18.3. The van der Waals surface area contributed by atoms with Gasteiger partial charge in [-0.15, -0.1) is 0 Å². The fraction of sp³-hybridized carbons (Fsp3) is 0.250. The van der Waals surface area contributed by atoms with Crippen LogP contribution in [-0.4, -0.2) is 99.9 Å². The molecule has 64 heavy (non-hydrogen) atoms. The molecule has 0 spiro atoms. The average molecular weight is 1040 g/mol. The minimum absolute atomic E-state index is 0. The number of halogens is 5. The van der Waals surface area contributed by atoms with Gasteiger partial charge in [-0.1, -0.05) is 20.0 Å². The van der Waals surface area contributed by atoms with Gasteiger partial charge in [-0.05, 0) is 95.5 Å². The molecule has 1 saturated heterocycles. The molecule has 28 heteroatoms. The van der Waals surface area contributed by atoms with Gasteiger partial charge in [-0.3, -0.25) is 28.2 Å². The molecular weight excluding hydrogens is 997 g/mol. The van der Waals surface area contributed by atoms with E-state index in [-0.39, 0.29) is 37.9 Å². The molecule has 338 valence electrons. The van der Waals surface area contributed by atoms with Gasteiger partial charge in [-0.25, -0.2) is 18.5 Å². The lowest BCUT2D eigenvalue weighted by Crippen LogP contribution is -2.41. The summed E-state index contributed by atoms with van der Waals surface area (Å²) < 4.78 is 32.1. The normalized spacial score (nSPS) is 13.8. The number of rotatable bonds is 3. The van der Waals surface area contributed by atoms with Gasteiger partial charge in [0, 0.05) is 96.7 Å². The summed E-state index contributed by atoms with van der Waals surface area (Å²) in [6.07, 6.45) is 20.7. The number of aromatic nitrogens is 15. The number of H-pyrrole nitrogens is 2. The van der Waals surface area contributed by atoms with Crippen LogP contribution in [-0.2, 0) is 35.0 Å². The van der Waals surface area contributed by atoms with Crippen LogP contribution in [0.15, 0.2) is 107 Å². The zero-order chi connectivity index (χ0) is 45.9. The maximum absolute atomic E-state index is 11.5. The summed E-state index contributed by atoms with van der Waals surface area (Å²) in [4.78, 5) is 31.5. The highest BCUT2D eigenvalue weighted by atomic mass is 79.9. The molecule has 10 heterocycles.